The van der Waals surface area contributed by atoms with E-state index >= 15 is 0 Å². The standard InChI is InChI=1S/C11H13NO2/c1-2-10-9-4-3-7(11(13)14)5-8(9)6-12-10/h3-5,10,12H,2,6H2,1H3,(H,13,14). The van der Waals surface area contributed by atoms with Crippen LogP contribution >= 0.6 is 0 Å². The third-order valence-corrected chi connectivity index (χ3v) is 2.71. The Hall–Kier alpha value is -1.35. The van der Waals surface area contributed by atoms with Crippen LogP contribution < -0.4 is 5.32 Å². The van der Waals surface area contributed by atoms with Crippen LogP contribution in [0.3, 0.4) is 0 Å². The summed E-state index contributed by atoms with van der Waals surface area (Å²) in [5.41, 5.74) is 2.75. The number of rotatable bonds is 2. The fourth-order valence-corrected chi connectivity index (χ4v) is 1.94. The molecule has 0 aromatic heterocycles. The first-order valence-electron chi connectivity index (χ1n) is 4.82. The van der Waals surface area contributed by atoms with E-state index in [1.807, 2.05) is 6.07 Å². The molecule has 14 heavy (non-hydrogen) atoms. The van der Waals surface area contributed by atoms with Crippen molar-refractivity contribution in [1.29, 1.82) is 0 Å². The summed E-state index contributed by atoms with van der Waals surface area (Å²) in [5.74, 6) is -0.854. The van der Waals surface area contributed by atoms with Gasteiger partial charge in [-0.15, -0.1) is 0 Å². The van der Waals surface area contributed by atoms with Gasteiger partial charge in [-0.2, -0.15) is 0 Å². The molecule has 2 rings (SSSR count). The number of aromatic carboxylic acids is 1. The molecule has 1 aromatic rings. The van der Waals surface area contributed by atoms with Crippen molar-refractivity contribution < 1.29 is 9.90 Å². The van der Waals surface area contributed by atoms with Crippen molar-refractivity contribution in [3.63, 3.8) is 0 Å². The van der Waals surface area contributed by atoms with E-state index in [1.54, 1.807) is 12.1 Å². The lowest BCUT2D eigenvalue weighted by molar-refractivity contribution is 0.0697. The van der Waals surface area contributed by atoms with Crippen molar-refractivity contribution >= 4 is 5.97 Å². The third-order valence-electron chi connectivity index (χ3n) is 2.71. The Labute approximate surface area is 82.8 Å². The number of carboxylic acid groups (broad SMARTS) is 1. The molecular weight excluding hydrogens is 178 g/mol. The minimum Gasteiger partial charge on any atom is -0.478 e. The molecule has 2 N–H and O–H groups in total. The molecule has 1 aromatic carbocycles. The number of hydrogen-bond donors (Lipinski definition) is 2. The van der Waals surface area contributed by atoms with E-state index in [9.17, 15) is 4.79 Å². The van der Waals surface area contributed by atoms with E-state index in [0.29, 0.717) is 11.6 Å². The molecule has 0 spiro atoms. The lowest BCUT2D eigenvalue weighted by atomic mass is 10.0. The second kappa shape index (κ2) is 3.42. The van der Waals surface area contributed by atoms with E-state index in [2.05, 4.69) is 12.2 Å². The molecule has 1 aliphatic rings. The summed E-state index contributed by atoms with van der Waals surface area (Å²) in [5, 5.41) is 12.2. The molecule has 0 saturated heterocycles. The number of nitrogens with one attached hydrogen (secondary N) is 1. The van der Waals surface area contributed by atoms with Crippen molar-refractivity contribution in [2.45, 2.75) is 25.9 Å². The van der Waals surface area contributed by atoms with E-state index in [4.69, 9.17) is 5.11 Å². The van der Waals surface area contributed by atoms with Crippen LogP contribution in [0.1, 0.15) is 40.9 Å². The van der Waals surface area contributed by atoms with Gasteiger partial charge in [-0.1, -0.05) is 13.0 Å². The zero-order valence-electron chi connectivity index (χ0n) is 8.08. The largest absolute Gasteiger partial charge is 0.478 e. The first-order chi connectivity index (χ1) is 6.72. The molecule has 1 aliphatic heterocycles. The van der Waals surface area contributed by atoms with Crippen molar-refractivity contribution in [3.8, 4) is 0 Å². The maximum absolute atomic E-state index is 10.7. The maximum Gasteiger partial charge on any atom is 0.335 e. The second-order valence-corrected chi connectivity index (χ2v) is 3.56. The molecule has 3 nitrogen and oxygen atoms in total. The van der Waals surface area contributed by atoms with Crippen molar-refractivity contribution in [2.24, 2.45) is 0 Å². The van der Waals surface area contributed by atoms with Gasteiger partial charge >= 0.3 is 5.97 Å². The van der Waals surface area contributed by atoms with Crippen molar-refractivity contribution in [2.75, 3.05) is 0 Å². The monoisotopic (exact) mass is 191 g/mol. The lowest BCUT2D eigenvalue weighted by Crippen LogP contribution is -2.10. The van der Waals surface area contributed by atoms with E-state index in [-0.39, 0.29) is 0 Å². The van der Waals surface area contributed by atoms with Crippen LogP contribution in [-0.2, 0) is 6.54 Å². The summed E-state index contributed by atoms with van der Waals surface area (Å²) in [4.78, 5) is 10.7. The summed E-state index contributed by atoms with van der Waals surface area (Å²) in [6, 6.07) is 5.76. The van der Waals surface area contributed by atoms with Crippen LogP contribution in [0.2, 0.25) is 0 Å². The minimum absolute atomic E-state index is 0.377. The van der Waals surface area contributed by atoms with Gasteiger partial charge in [-0.3, -0.25) is 0 Å². The predicted octanol–water partition coefficient (Wildman–Crippen LogP) is 1.94. The van der Waals surface area contributed by atoms with E-state index in [0.717, 1.165) is 18.5 Å². The van der Waals surface area contributed by atoms with Crippen LogP contribution in [0.5, 0.6) is 0 Å². The molecule has 1 heterocycles. The summed E-state index contributed by atoms with van der Waals surface area (Å²) >= 11 is 0. The highest BCUT2D eigenvalue weighted by molar-refractivity contribution is 5.88. The van der Waals surface area contributed by atoms with Crippen LogP contribution in [0.15, 0.2) is 18.2 Å². The predicted molar refractivity (Wildman–Crippen MR) is 53.3 cm³/mol. The van der Waals surface area contributed by atoms with Gasteiger partial charge < -0.3 is 10.4 Å². The van der Waals surface area contributed by atoms with Gasteiger partial charge in [0.05, 0.1) is 5.56 Å². The molecule has 3 heteroatoms. The summed E-state index contributed by atoms with van der Waals surface area (Å²) < 4.78 is 0. The maximum atomic E-state index is 10.7. The van der Waals surface area contributed by atoms with Crippen LogP contribution in [0.4, 0.5) is 0 Å². The van der Waals surface area contributed by atoms with Gasteiger partial charge in [-0.05, 0) is 29.7 Å². The van der Waals surface area contributed by atoms with Crippen molar-refractivity contribution in [1.82, 2.24) is 5.32 Å². The first kappa shape index (κ1) is 9.21. The highest BCUT2D eigenvalue weighted by Crippen LogP contribution is 2.28. The summed E-state index contributed by atoms with van der Waals surface area (Å²) in [7, 11) is 0. The lowest BCUT2D eigenvalue weighted by Gasteiger charge is -2.08. The van der Waals surface area contributed by atoms with Gasteiger partial charge in [0.2, 0.25) is 0 Å². The van der Waals surface area contributed by atoms with E-state index in [1.165, 1.54) is 5.56 Å². The number of fused-ring (bicyclic) bond motifs is 1. The normalized spacial score (nSPS) is 19.4. The van der Waals surface area contributed by atoms with Gasteiger partial charge in [0.1, 0.15) is 0 Å². The van der Waals surface area contributed by atoms with Gasteiger partial charge in [-0.25, -0.2) is 4.79 Å². The fraction of sp³-hybridized carbons (Fsp3) is 0.364. The molecule has 0 saturated carbocycles. The second-order valence-electron chi connectivity index (χ2n) is 3.56. The zero-order valence-corrected chi connectivity index (χ0v) is 8.08. The Morgan fingerprint density at radius 2 is 2.43 bits per heavy atom. The molecule has 0 radical (unpaired) electrons. The molecule has 1 atom stereocenters. The Morgan fingerprint density at radius 3 is 3.07 bits per heavy atom. The Morgan fingerprint density at radius 1 is 1.64 bits per heavy atom. The first-order valence-corrected chi connectivity index (χ1v) is 4.82. The molecular formula is C11H13NO2. The quantitative estimate of drug-likeness (QED) is 0.751. The highest BCUT2D eigenvalue weighted by atomic mass is 16.4. The molecule has 0 bridgehead atoms. The Bertz CT molecular complexity index is 374. The van der Waals surface area contributed by atoms with Crippen LogP contribution in [-0.4, -0.2) is 11.1 Å². The molecule has 0 amide bonds. The minimum atomic E-state index is -0.854. The fourth-order valence-electron chi connectivity index (χ4n) is 1.94. The Kier molecular flexibility index (Phi) is 2.25. The smallest absolute Gasteiger partial charge is 0.335 e. The molecule has 74 valence electrons. The number of carboxylic acids is 1. The SMILES string of the molecule is CCC1NCc2cc(C(=O)O)ccc21. The average Bonchev–Trinajstić information content (AvgIpc) is 2.59. The summed E-state index contributed by atoms with van der Waals surface area (Å²) in [6.45, 7) is 2.91. The number of benzene rings is 1. The van der Waals surface area contributed by atoms with Gasteiger partial charge in [0.25, 0.3) is 0 Å². The van der Waals surface area contributed by atoms with Crippen molar-refractivity contribution in [3.05, 3.63) is 34.9 Å². The Balaban J connectivity index is 2.39. The van der Waals surface area contributed by atoms with Crippen LogP contribution in [0.25, 0.3) is 0 Å². The molecule has 0 aliphatic carbocycles. The molecule has 1 unspecified atom stereocenters. The zero-order chi connectivity index (χ0) is 10.1. The third kappa shape index (κ3) is 1.40. The van der Waals surface area contributed by atoms with Crippen LogP contribution in [0, 0.1) is 0 Å². The molecule has 0 fully saturated rings. The van der Waals surface area contributed by atoms with E-state index < -0.39 is 5.97 Å². The number of hydrogen-bond acceptors (Lipinski definition) is 2. The topological polar surface area (TPSA) is 49.3 Å². The number of carbonyl (C=O) groups is 1. The average molecular weight is 191 g/mol. The highest BCUT2D eigenvalue weighted by Gasteiger charge is 2.20. The summed E-state index contributed by atoms with van der Waals surface area (Å²) in [6.07, 6.45) is 1.04. The van der Waals surface area contributed by atoms with Gasteiger partial charge in [0.15, 0.2) is 0 Å². The van der Waals surface area contributed by atoms with Gasteiger partial charge in [0, 0.05) is 12.6 Å².